The molecule has 4 heteroatoms. The molecule has 1 nitrogen and oxygen atoms in total. The van der Waals surface area contributed by atoms with Crippen LogP contribution in [0.4, 0.5) is 4.39 Å². The molecule has 0 spiro atoms. The van der Waals surface area contributed by atoms with Crippen LogP contribution in [-0.4, -0.2) is 0 Å². The van der Waals surface area contributed by atoms with Gasteiger partial charge in [-0.1, -0.05) is 45.8 Å². The lowest BCUT2D eigenvalue weighted by Crippen LogP contribution is -2.14. The van der Waals surface area contributed by atoms with Gasteiger partial charge in [0.15, 0.2) is 0 Å². The van der Waals surface area contributed by atoms with E-state index in [1.165, 1.54) is 0 Å². The predicted molar refractivity (Wildman–Crippen MR) is 79.0 cm³/mol. The Morgan fingerprint density at radius 1 is 1.06 bits per heavy atom. The Morgan fingerprint density at radius 3 is 2.50 bits per heavy atom. The maximum Gasteiger partial charge on any atom is 0.142 e. The number of rotatable bonds is 2. The molecule has 2 rings (SSSR count). The van der Waals surface area contributed by atoms with Crippen LogP contribution in [0, 0.1) is 12.7 Å². The zero-order valence-corrected chi connectivity index (χ0v) is 12.9. The van der Waals surface area contributed by atoms with E-state index < -0.39 is 6.04 Å². The van der Waals surface area contributed by atoms with Gasteiger partial charge in [0.25, 0.3) is 0 Å². The number of halogens is 3. The van der Waals surface area contributed by atoms with Crippen molar-refractivity contribution in [3.8, 4) is 0 Å². The minimum atomic E-state index is -0.489. The van der Waals surface area contributed by atoms with Gasteiger partial charge in [0.05, 0.1) is 10.5 Å². The van der Waals surface area contributed by atoms with Gasteiger partial charge >= 0.3 is 0 Å². The van der Waals surface area contributed by atoms with Crippen LogP contribution in [0.15, 0.2) is 45.3 Å². The van der Waals surface area contributed by atoms with Crippen LogP contribution >= 0.6 is 31.9 Å². The average molecular weight is 373 g/mol. The molecule has 0 aliphatic heterocycles. The molecule has 1 unspecified atom stereocenters. The van der Waals surface area contributed by atoms with Crippen molar-refractivity contribution in [3.63, 3.8) is 0 Å². The van der Waals surface area contributed by atoms with Gasteiger partial charge in [0.1, 0.15) is 5.82 Å². The molecule has 0 fully saturated rings. The zero-order valence-electron chi connectivity index (χ0n) is 9.75. The number of benzene rings is 2. The van der Waals surface area contributed by atoms with Crippen LogP contribution in [0.2, 0.25) is 0 Å². The molecule has 94 valence electrons. The fourth-order valence-corrected chi connectivity index (χ4v) is 2.70. The number of nitrogens with two attached hydrogens (primary N) is 1. The molecule has 0 aliphatic rings. The first kappa shape index (κ1) is 13.7. The van der Waals surface area contributed by atoms with Crippen molar-refractivity contribution < 1.29 is 4.39 Å². The van der Waals surface area contributed by atoms with Gasteiger partial charge in [-0.2, -0.15) is 0 Å². The maximum atomic E-state index is 14.0. The van der Waals surface area contributed by atoms with Crippen LogP contribution in [0.3, 0.4) is 0 Å². The van der Waals surface area contributed by atoms with Crippen LogP contribution < -0.4 is 5.73 Å². The Morgan fingerprint density at radius 2 is 1.78 bits per heavy atom. The van der Waals surface area contributed by atoms with Crippen molar-refractivity contribution >= 4 is 31.9 Å². The van der Waals surface area contributed by atoms with E-state index in [-0.39, 0.29) is 5.82 Å². The highest BCUT2D eigenvalue weighted by Gasteiger charge is 2.17. The third kappa shape index (κ3) is 2.66. The molecular formula is C14H12Br2FN. The normalized spacial score (nSPS) is 12.5. The smallest absolute Gasteiger partial charge is 0.142 e. The lowest BCUT2D eigenvalue weighted by atomic mass is 9.98. The summed E-state index contributed by atoms with van der Waals surface area (Å²) in [6.07, 6.45) is 0. The molecule has 0 aliphatic carbocycles. The molecular weight excluding hydrogens is 361 g/mol. The van der Waals surface area contributed by atoms with Crippen molar-refractivity contribution in [2.75, 3.05) is 0 Å². The molecule has 2 aromatic carbocycles. The lowest BCUT2D eigenvalue weighted by molar-refractivity contribution is 0.593. The third-order valence-electron chi connectivity index (χ3n) is 2.80. The summed E-state index contributed by atoms with van der Waals surface area (Å²) in [6.45, 7) is 1.99. The summed E-state index contributed by atoms with van der Waals surface area (Å²) < 4.78 is 15.3. The van der Waals surface area contributed by atoms with Crippen molar-refractivity contribution in [2.24, 2.45) is 5.73 Å². The Balaban J connectivity index is 2.51. The van der Waals surface area contributed by atoms with Crippen molar-refractivity contribution in [3.05, 3.63) is 67.9 Å². The summed E-state index contributed by atoms with van der Waals surface area (Å²) in [5, 5.41) is 0. The predicted octanol–water partition coefficient (Wildman–Crippen LogP) is 4.71. The molecule has 0 saturated carbocycles. The highest BCUT2D eigenvalue weighted by atomic mass is 79.9. The highest BCUT2D eigenvalue weighted by molar-refractivity contribution is 9.10. The van der Waals surface area contributed by atoms with Crippen LogP contribution in [0.5, 0.6) is 0 Å². The Labute approximate surface area is 122 Å². The average Bonchev–Trinajstić information content (AvgIpc) is 2.35. The molecule has 2 aromatic rings. The molecule has 0 aromatic heterocycles. The number of aryl methyl sites for hydroxylation is 1. The first-order valence-corrected chi connectivity index (χ1v) is 7.05. The van der Waals surface area contributed by atoms with Crippen LogP contribution in [0.1, 0.15) is 22.7 Å². The topological polar surface area (TPSA) is 26.0 Å². The van der Waals surface area contributed by atoms with Crippen molar-refractivity contribution in [1.82, 2.24) is 0 Å². The number of hydrogen-bond donors (Lipinski definition) is 1. The van der Waals surface area contributed by atoms with Gasteiger partial charge in [-0.3, -0.25) is 0 Å². The number of hydrogen-bond acceptors (Lipinski definition) is 1. The zero-order chi connectivity index (χ0) is 13.3. The van der Waals surface area contributed by atoms with Gasteiger partial charge in [-0.15, -0.1) is 0 Å². The summed E-state index contributed by atoms with van der Waals surface area (Å²) in [5.41, 5.74) is 8.62. The Bertz CT molecular complexity index is 582. The Hall–Kier alpha value is -0.710. The molecule has 0 amide bonds. The van der Waals surface area contributed by atoms with E-state index in [1.807, 2.05) is 25.1 Å². The lowest BCUT2D eigenvalue weighted by Gasteiger charge is -2.16. The maximum absolute atomic E-state index is 14.0. The molecule has 0 bridgehead atoms. The van der Waals surface area contributed by atoms with Crippen LogP contribution in [0.25, 0.3) is 0 Å². The highest BCUT2D eigenvalue weighted by Crippen LogP contribution is 2.31. The summed E-state index contributed by atoms with van der Waals surface area (Å²) in [6, 6.07) is 10.5. The van der Waals surface area contributed by atoms with Gasteiger partial charge in [0.2, 0.25) is 0 Å². The molecule has 1 atom stereocenters. The fourth-order valence-electron chi connectivity index (χ4n) is 1.83. The SMILES string of the molecule is Cc1ccc(Br)c(C(N)c2cccc(Br)c2F)c1. The van der Waals surface area contributed by atoms with E-state index in [0.29, 0.717) is 10.0 Å². The first-order valence-electron chi connectivity index (χ1n) is 5.46. The van der Waals surface area contributed by atoms with E-state index in [9.17, 15) is 4.39 Å². The van der Waals surface area contributed by atoms with Crippen LogP contribution in [-0.2, 0) is 0 Å². The second-order valence-electron chi connectivity index (χ2n) is 4.15. The summed E-state index contributed by atoms with van der Waals surface area (Å²) in [7, 11) is 0. The van der Waals surface area contributed by atoms with E-state index >= 15 is 0 Å². The molecule has 0 saturated heterocycles. The van der Waals surface area contributed by atoms with Crippen molar-refractivity contribution in [2.45, 2.75) is 13.0 Å². The van der Waals surface area contributed by atoms with E-state index in [0.717, 1.165) is 15.6 Å². The van der Waals surface area contributed by atoms with E-state index in [4.69, 9.17) is 5.73 Å². The standard InChI is InChI=1S/C14H12Br2FN/c1-8-5-6-11(15)10(7-8)14(18)9-3-2-4-12(16)13(9)17/h2-7,14H,18H2,1H3. The van der Waals surface area contributed by atoms with Gasteiger partial charge < -0.3 is 5.73 Å². The largest absolute Gasteiger partial charge is 0.320 e. The summed E-state index contributed by atoms with van der Waals surface area (Å²) >= 11 is 6.63. The summed E-state index contributed by atoms with van der Waals surface area (Å²) in [5.74, 6) is -0.307. The first-order chi connectivity index (χ1) is 8.50. The van der Waals surface area contributed by atoms with Gasteiger partial charge in [0, 0.05) is 10.0 Å². The molecule has 2 N–H and O–H groups in total. The molecule has 18 heavy (non-hydrogen) atoms. The second-order valence-corrected chi connectivity index (χ2v) is 5.85. The van der Waals surface area contributed by atoms with E-state index in [1.54, 1.807) is 18.2 Å². The minimum Gasteiger partial charge on any atom is -0.320 e. The minimum absolute atomic E-state index is 0.307. The third-order valence-corrected chi connectivity index (χ3v) is 4.14. The molecule has 0 heterocycles. The second kappa shape index (κ2) is 5.51. The van der Waals surface area contributed by atoms with Gasteiger partial charge in [-0.25, -0.2) is 4.39 Å². The molecule has 0 radical (unpaired) electrons. The van der Waals surface area contributed by atoms with E-state index in [2.05, 4.69) is 31.9 Å². The fraction of sp³-hybridized carbons (Fsp3) is 0.143. The quantitative estimate of drug-likeness (QED) is 0.811. The van der Waals surface area contributed by atoms with Crippen molar-refractivity contribution in [1.29, 1.82) is 0 Å². The van der Waals surface area contributed by atoms with Gasteiger partial charge in [-0.05, 0) is 40.5 Å². The Kier molecular flexibility index (Phi) is 4.20. The summed E-state index contributed by atoms with van der Waals surface area (Å²) in [4.78, 5) is 0. The monoisotopic (exact) mass is 371 g/mol.